The molecule has 2 aromatic rings. The van der Waals surface area contributed by atoms with Gasteiger partial charge in [-0.25, -0.2) is 4.98 Å². The summed E-state index contributed by atoms with van der Waals surface area (Å²) in [5.41, 5.74) is 6.50. The van der Waals surface area contributed by atoms with Crippen LogP contribution in [-0.4, -0.2) is 15.9 Å². The Hall–Kier alpha value is -2.01. The minimum absolute atomic E-state index is 0.240. The lowest BCUT2D eigenvalue weighted by molar-refractivity contribution is 0.0950. The summed E-state index contributed by atoms with van der Waals surface area (Å²) in [7, 11) is 0. The molecule has 0 atom stereocenters. The molecule has 1 aromatic heterocycles. The Morgan fingerprint density at radius 2 is 2.29 bits per heavy atom. The van der Waals surface area contributed by atoms with Crippen LogP contribution in [0.25, 0.3) is 0 Å². The summed E-state index contributed by atoms with van der Waals surface area (Å²) in [5, 5.41) is 3.15. The molecular weight excluding hydrogens is 240 g/mol. The Balaban J connectivity index is 2.04. The number of halogens is 1. The second-order valence-electron chi connectivity index (χ2n) is 3.49. The molecule has 0 saturated carbocycles. The average Bonchev–Trinajstić information content (AvgIpc) is 2.77. The number of carbonyl (C=O) groups is 1. The number of hydrogen-bond acceptors (Lipinski definition) is 3. The van der Waals surface area contributed by atoms with E-state index in [1.807, 2.05) is 0 Å². The third-order valence-electron chi connectivity index (χ3n) is 2.15. The Morgan fingerprint density at radius 3 is 2.94 bits per heavy atom. The van der Waals surface area contributed by atoms with Crippen molar-refractivity contribution in [3.8, 4) is 0 Å². The summed E-state index contributed by atoms with van der Waals surface area (Å²) in [6, 6.07) is 4.73. The zero-order chi connectivity index (χ0) is 12.3. The average molecular weight is 251 g/mol. The van der Waals surface area contributed by atoms with Gasteiger partial charge in [0.15, 0.2) is 0 Å². The second-order valence-corrected chi connectivity index (χ2v) is 3.93. The number of nitrogen functional groups attached to an aromatic ring is 1. The molecule has 17 heavy (non-hydrogen) atoms. The highest BCUT2D eigenvalue weighted by molar-refractivity contribution is 6.31. The second kappa shape index (κ2) is 4.88. The lowest BCUT2D eigenvalue weighted by Crippen LogP contribution is -2.23. The summed E-state index contributed by atoms with van der Waals surface area (Å²) in [4.78, 5) is 18.7. The number of hydrogen-bond donors (Lipinski definition) is 3. The van der Waals surface area contributed by atoms with Gasteiger partial charge in [0, 0.05) is 28.7 Å². The minimum Gasteiger partial charge on any atom is -0.399 e. The van der Waals surface area contributed by atoms with Crippen LogP contribution >= 0.6 is 11.6 Å². The van der Waals surface area contributed by atoms with E-state index in [0.717, 1.165) is 0 Å². The lowest BCUT2D eigenvalue weighted by atomic mass is 10.2. The molecule has 0 aliphatic carbocycles. The zero-order valence-corrected chi connectivity index (χ0v) is 9.66. The van der Waals surface area contributed by atoms with Gasteiger partial charge in [0.05, 0.1) is 6.54 Å². The highest BCUT2D eigenvalue weighted by Gasteiger charge is 2.07. The molecule has 0 fully saturated rings. The van der Waals surface area contributed by atoms with Crippen LogP contribution in [0.4, 0.5) is 5.69 Å². The number of aromatic amines is 1. The van der Waals surface area contributed by atoms with E-state index in [9.17, 15) is 4.79 Å². The van der Waals surface area contributed by atoms with E-state index in [2.05, 4.69) is 15.3 Å². The van der Waals surface area contributed by atoms with Gasteiger partial charge in [-0.1, -0.05) is 11.6 Å². The molecule has 2 rings (SSSR count). The van der Waals surface area contributed by atoms with Crippen LogP contribution in [-0.2, 0) is 6.54 Å². The summed E-state index contributed by atoms with van der Waals surface area (Å²) in [6.45, 7) is 0.332. The van der Waals surface area contributed by atoms with E-state index in [4.69, 9.17) is 17.3 Å². The Bertz CT molecular complexity index is 504. The molecule has 0 radical (unpaired) electrons. The molecule has 5 nitrogen and oxygen atoms in total. The number of imidazole rings is 1. The molecule has 6 heteroatoms. The van der Waals surface area contributed by atoms with Crippen molar-refractivity contribution >= 4 is 23.2 Å². The first-order valence-electron chi connectivity index (χ1n) is 4.97. The molecule has 0 aliphatic rings. The number of nitrogens with zero attached hydrogens (tertiary/aromatic N) is 1. The Labute approximate surface area is 103 Å². The van der Waals surface area contributed by atoms with Crippen molar-refractivity contribution in [2.75, 3.05) is 5.73 Å². The number of carbonyl (C=O) groups excluding carboxylic acids is 1. The van der Waals surface area contributed by atoms with Gasteiger partial charge in [-0.2, -0.15) is 0 Å². The lowest BCUT2D eigenvalue weighted by Gasteiger charge is -2.05. The highest BCUT2D eigenvalue weighted by Crippen LogP contribution is 2.16. The quantitative estimate of drug-likeness (QED) is 0.723. The normalized spacial score (nSPS) is 10.2. The van der Waals surface area contributed by atoms with Gasteiger partial charge >= 0.3 is 0 Å². The molecule has 0 unspecified atom stereocenters. The molecule has 0 saturated heterocycles. The predicted molar refractivity (Wildman–Crippen MR) is 65.6 cm³/mol. The van der Waals surface area contributed by atoms with Gasteiger partial charge in [0.1, 0.15) is 5.82 Å². The smallest absolute Gasteiger partial charge is 0.251 e. The largest absolute Gasteiger partial charge is 0.399 e. The molecule has 1 aromatic carbocycles. The monoisotopic (exact) mass is 250 g/mol. The summed E-state index contributed by atoms with van der Waals surface area (Å²) < 4.78 is 0. The van der Waals surface area contributed by atoms with Crippen LogP contribution in [0.2, 0.25) is 5.02 Å². The highest BCUT2D eigenvalue weighted by atomic mass is 35.5. The maximum absolute atomic E-state index is 11.8. The Kier molecular flexibility index (Phi) is 3.30. The van der Waals surface area contributed by atoms with Crippen LogP contribution in [0.5, 0.6) is 0 Å². The predicted octanol–water partition coefficient (Wildman–Crippen LogP) is 1.58. The SMILES string of the molecule is Nc1cc(Cl)cc(C(=O)NCc2ncc[nH]2)c1. The first-order valence-corrected chi connectivity index (χ1v) is 5.35. The van der Waals surface area contributed by atoms with Gasteiger partial charge in [0.2, 0.25) is 0 Å². The molecule has 4 N–H and O–H groups in total. The van der Waals surface area contributed by atoms with Crippen molar-refractivity contribution in [1.82, 2.24) is 15.3 Å². The van der Waals surface area contributed by atoms with Gasteiger partial charge in [-0.05, 0) is 18.2 Å². The van der Waals surface area contributed by atoms with Crippen molar-refractivity contribution in [3.05, 3.63) is 47.0 Å². The third-order valence-corrected chi connectivity index (χ3v) is 2.37. The molecule has 88 valence electrons. The molecule has 0 aliphatic heterocycles. The van der Waals surface area contributed by atoms with Gasteiger partial charge < -0.3 is 16.0 Å². The van der Waals surface area contributed by atoms with Crippen LogP contribution in [0.1, 0.15) is 16.2 Å². The van der Waals surface area contributed by atoms with Gasteiger partial charge in [-0.3, -0.25) is 4.79 Å². The van der Waals surface area contributed by atoms with Crippen molar-refractivity contribution in [3.63, 3.8) is 0 Å². The standard InChI is InChI=1S/C11H11ClN4O/c12-8-3-7(4-9(13)5-8)11(17)16-6-10-14-1-2-15-10/h1-5H,6,13H2,(H,14,15)(H,16,17). The summed E-state index contributed by atoms with van der Waals surface area (Å²) >= 11 is 5.82. The molecule has 0 spiro atoms. The number of H-pyrrole nitrogens is 1. The number of nitrogens with two attached hydrogens (primary N) is 1. The van der Waals surface area contributed by atoms with Gasteiger partial charge in [-0.15, -0.1) is 0 Å². The van der Waals surface area contributed by atoms with Crippen molar-refractivity contribution in [1.29, 1.82) is 0 Å². The van der Waals surface area contributed by atoms with Crippen LogP contribution in [0.3, 0.4) is 0 Å². The summed E-state index contributed by atoms with van der Waals surface area (Å²) in [5.74, 6) is 0.448. The fourth-order valence-corrected chi connectivity index (χ4v) is 1.65. The molecule has 1 heterocycles. The zero-order valence-electron chi connectivity index (χ0n) is 8.90. The number of nitrogens with one attached hydrogen (secondary N) is 2. The van der Waals surface area contributed by atoms with E-state index in [1.54, 1.807) is 30.6 Å². The number of rotatable bonds is 3. The van der Waals surface area contributed by atoms with Crippen LogP contribution < -0.4 is 11.1 Å². The first kappa shape index (κ1) is 11.5. The van der Waals surface area contributed by atoms with Gasteiger partial charge in [0.25, 0.3) is 5.91 Å². The van der Waals surface area contributed by atoms with E-state index >= 15 is 0 Å². The van der Waals surface area contributed by atoms with E-state index in [-0.39, 0.29) is 5.91 Å². The van der Waals surface area contributed by atoms with E-state index < -0.39 is 0 Å². The molecule has 0 bridgehead atoms. The maximum Gasteiger partial charge on any atom is 0.251 e. The van der Waals surface area contributed by atoms with E-state index in [1.165, 1.54) is 0 Å². The molecular formula is C11H11ClN4O. The Morgan fingerprint density at radius 1 is 1.47 bits per heavy atom. The topological polar surface area (TPSA) is 83.8 Å². The van der Waals surface area contributed by atoms with Crippen molar-refractivity contribution in [2.24, 2.45) is 0 Å². The third kappa shape index (κ3) is 2.98. The maximum atomic E-state index is 11.8. The number of aromatic nitrogens is 2. The number of amides is 1. The first-order chi connectivity index (χ1) is 8.15. The number of benzene rings is 1. The van der Waals surface area contributed by atoms with Crippen LogP contribution in [0.15, 0.2) is 30.6 Å². The fourth-order valence-electron chi connectivity index (χ4n) is 1.40. The number of anilines is 1. The molecule has 1 amide bonds. The van der Waals surface area contributed by atoms with Crippen LogP contribution in [0, 0.1) is 0 Å². The fraction of sp³-hybridized carbons (Fsp3) is 0.0909. The minimum atomic E-state index is -0.240. The summed E-state index contributed by atoms with van der Waals surface area (Å²) in [6.07, 6.45) is 3.32. The van der Waals surface area contributed by atoms with Crippen molar-refractivity contribution in [2.45, 2.75) is 6.54 Å². The van der Waals surface area contributed by atoms with E-state index in [0.29, 0.717) is 28.6 Å². The van der Waals surface area contributed by atoms with Crippen molar-refractivity contribution < 1.29 is 4.79 Å².